The van der Waals surface area contributed by atoms with Crippen molar-refractivity contribution in [3.63, 3.8) is 0 Å². The molecule has 18 heavy (non-hydrogen) atoms. The lowest BCUT2D eigenvalue weighted by Crippen LogP contribution is -2.14. The first-order valence-corrected chi connectivity index (χ1v) is 6.39. The standard InChI is InChI=1S/C14H21NO3/c1-16-13-8-11(15)12(9-14(13)17-2)18-7-6-10-4-3-5-10/h8-10H,3-7,15H2,1-2H3. The zero-order valence-corrected chi connectivity index (χ0v) is 11.1. The van der Waals surface area contributed by atoms with E-state index in [-0.39, 0.29) is 0 Å². The molecule has 0 atom stereocenters. The molecule has 4 heteroatoms. The van der Waals surface area contributed by atoms with Crippen molar-refractivity contribution in [3.05, 3.63) is 12.1 Å². The van der Waals surface area contributed by atoms with Gasteiger partial charge >= 0.3 is 0 Å². The molecule has 0 unspecified atom stereocenters. The fourth-order valence-electron chi connectivity index (χ4n) is 2.12. The van der Waals surface area contributed by atoms with Crippen molar-refractivity contribution < 1.29 is 14.2 Å². The van der Waals surface area contributed by atoms with E-state index < -0.39 is 0 Å². The highest BCUT2D eigenvalue weighted by atomic mass is 16.5. The molecule has 1 aliphatic carbocycles. The van der Waals surface area contributed by atoms with Crippen molar-refractivity contribution >= 4 is 5.69 Å². The summed E-state index contributed by atoms with van der Waals surface area (Å²) >= 11 is 0. The second-order valence-electron chi connectivity index (χ2n) is 4.68. The highest BCUT2D eigenvalue weighted by Crippen LogP contribution is 2.36. The van der Waals surface area contributed by atoms with Crippen molar-refractivity contribution in [1.82, 2.24) is 0 Å². The molecule has 0 amide bonds. The number of rotatable bonds is 6. The summed E-state index contributed by atoms with van der Waals surface area (Å²) in [5.74, 6) is 2.78. The normalized spacial score (nSPS) is 15.0. The summed E-state index contributed by atoms with van der Waals surface area (Å²) in [6, 6.07) is 3.52. The van der Waals surface area contributed by atoms with Crippen LogP contribution in [0.2, 0.25) is 0 Å². The van der Waals surface area contributed by atoms with Crippen LogP contribution in [-0.4, -0.2) is 20.8 Å². The molecule has 0 heterocycles. The fraction of sp³-hybridized carbons (Fsp3) is 0.571. The molecule has 0 saturated heterocycles. The van der Waals surface area contributed by atoms with Crippen LogP contribution in [0.3, 0.4) is 0 Å². The molecule has 1 aromatic rings. The molecular formula is C14H21NO3. The number of anilines is 1. The Labute approximate surface area is 108 Å². The molecule has 1 aromatic carbocycles. The van der Waals surface area contributed by atoms with Gasteiger partial charge in [0.1, 0.15) is 5.75 Å². The van der Waals surface area contributed by atoms with Gasteiger partial charge in [0.2, 0.25) is 0 Å². The van der Waals surface area contributed by atoms with Gasteiger partial charge in [-0.05, 0) is 12.3 Å². The van der Waals surface area contributed by atoms with E-state index in [0.29, 0.717) is 29.5 Å². The second-order valence-corrected chi connectivity index (χ2v) is 4.68. The summed E-state index contributed by atoms with van der Waals surface area (Å²) in [7, 11) is 3.20. The lowest BCUT2D eigenvalue weighted by Gasteiger charge is -2.25. The summed E-state index contributed by atoms with van der Waals surface area (Å²) in [4.78, 5) is 0. The van der Waals surface area contributed by atoms with Gasteiger partial charge in [-0.3, -0.25) is 0 Å². The van der Waals surface area contributed by atoms with Crippen molar-refractivity contribution in [2.24, 2.45) is 5.92 Å². The molecule has 1 fully saturated rings. The van der Waals surface area contributed by atoms with E-state index in [0.717, 1.165) is 12.3 Å². The highest BCUT2D eigenvalue weighted by molar-refractivity contribution is 5.61. The van der Waals surface area contributed by atoms with Gasteiger partial charge in [0.05, 0.1) is 26.5 Å². The summed E-state index contributed by atoms with van der Waals surface area (Å²) < 4.78 is 16.1. The smallest absolute Gasteiger partial charge is 0.164 e. The third-order valence-electron chi connectivity index (χ3n) is 3.52. The predicted molar refractivity (Wildman–Crippen MR) is 71.4 cm³/mol. The molecule has 1 saturated carbocycles. The molecule has 2 N–H and O–H groups in total. The molecular weight excluding hydrogens is 230 g/mol. The number of hydrogen-bond donors (Lipinski definition) is 1. The highest BCUT2D eigenvalue weighted by Gasteiger charge is 2.17. The van der Waals surface area contributed by atoms with E-state index in [1.807, 2.05) is 0 Å². The Morgan fingerprint density at radius 1 is 1.11 bits per heavy atom. The van der Waals surface area contributed by atoms with Crippen LogP contribution in [0.25, 0.3) is 0 Å². The van der Waals surface area contributed by atoms with Gasteiger partial charge in [0, 0.05) is 12.1 Å². The van der Waals surface area contributed by atoms with Crippen molar-refractivity contribution in [1.29, 1.82) is 0 Å². The minimum Gasteiger partial charge on any atom is -0.493 e. The van der Waals surface area contributed by atoms with Crippen LogP contribution in [0.15, 0.2) is 12.1 Å². The quantitative estimate of drug-likeness (QED) is 0.790. The van der Waals surface area contributed by atoms with E-state index in [2.05, 4.69) is 0 Å². The van der Waals surface area contributed by atoms with Gasteiger partial charge in [0.15, 0.2) is 11.5 Å². The van der Waals surface area contributed by atoms with Crippen LogP contribution >= 0.6 is 0 Å². The summed E-state index contributed by atoms with van der Waals surface area (Å²) in [6.45, 7) is 0.713. The maximum atomic E-state index is 5.92. The maximum Gasteiger partial charge on any atom is 0.164 e. The van der Waals surface area contributed by atoms with E-state index >= 15 is 0 Å². The largest absolute Gasteiger partial charge is 0.493 e. The van der Waals surface area contributed by atoms with Crippen LogP contribution < -0.4 is 19.9 Å². The Kier molecular flexibility index (Phi) is 4.18. The minimum atomic E-state index is 0.584. The van der Waals surface area contributed by atoms with E-state index in [1.165, 1.54) is 19.3 Å². The zero-order valence-electron chi connectivity index (χ0n) is 11.1. The Morgan fingerprint density at radius 3 is 2.33 bits per heavy atom. The van der Waals surface area contributed by atoms with Crippen LogP contribution in [-0.2, 0) is 0 Å². The topological polar surface area (TPSA) is 53.7 Å². The first-order valence-electron chi connectivity index (χ1n) is 6.39. The fourth-order valence-corrected chi connectivity index (χ4v) is 2.12. The summed E-state index contributed by atoms with van der Waals surface area (Å²) in [5, 5.41) is 0. The number of hydrogen-bond acceptors (Lipinski definition) is 4. The molecule has 1 aliphatic rings. The van der Waals surface area contributed by atoms with Gasteiger partial charge in [-0.15, -0.1) is 0 Å². The second kappa shape index (κ2) is 5.85. The zero-order chi connectivity index (χ0) is 13.0. The molecule has 0 aromatic heterocycles. The van der Waals surface area contributed by atoms with E-state index in [9.17, 15) is 0 Å². The van der Waals surface area contributed by atoms with Crippen molar-refractivity contribution in [2.45, 2.75) is 25.7 Å². The van der Waals surface area contributed by atoms with Crippen LogP contribution in [0.1, 0.15) is 25.7 Å². The third kappa shape index (κ3) is 2.81. The van der Waals surface area contributed by atoms with Crippen LogP contribution in [0.5, 0.6) is 17.2 Å². The maximum absolute atomic E-state index is 5.92. The molecule has 0 aliphatic heterocycles. The number of ether oxygens (including phenoxy) is 3. The van der Waals surface area contributed by atoms with E-state index in [1.54, 1.807) is 26.4 Å². The molecule has 4 nitrogen and oxygen atoms in total. The first-order chi connectivity index (χ1) is 8.74. The number of methoxy groups -OCH3 is 2. The van der Waals surface area contributed by atoms with Gasteiger partial charge in [-0.25, -0.2) is 0 Å². The van der Waals surface area contributed by atoms with Crippen molar-refractivity contribution in [3.8, 4) is 17.2 Å². The Bertz CT molecular complexity index is 402. The Morgan fingerprint density at radius 2 is 1.78 bits per heavy atom. The number of nitrogen functional groups attached to an aromatic ring is 1. The van der Waals surface area contributed by atoms with Crippen LogP contribution in [0.4, 0.5) is 5.69 Å². The van der Waals surface area contributed by atoms with Gasteiger partial charge in [-0.1, -0.05) is 19.3 Å². The molecule has 0 spiro atoms. The number of benzene rings is 1. The van der Waals surface area contributed by atoms with E-state index in [4.69, 9.17) is 19.9 Å². The van der Waals surface area contributed by atoms with Crippen molar-refractivity contribution in [2.75, 3.05) is 26.6 Å². The molecule has 2 rings (SSSR count). The minimum absolute atomic E-state index is 0.584. The SMILES string of the molecule is COc1cc(N)c(OCCC2CCC2)cc1OC. The Hall–Kier alpha value is -1.58. The van der Waals surface area contributed by atoms with Gasteiger partial charge < -0.3 is 19.9 Å². The Balaban J connectivity index is 1.97. The lowest BCUT2D eigenvalue weighted by molar-refractivity contribution is 0.222. The summed E-state index contributed by atoms with van der Waals surface area (Å²) in [5.41, 5.74) is 6.51. The van der Waals surface area contributed by atoms with Gasteiger partial charge in [-0.2, -0.15) is 0 Å². The first kappa shape index (κ1) is 12.9. The summed E-state index contributed by atoms with van der Waals surface area (Å²) in [6.07, 6.45) is 5.15. The molecule has 100 valence electrons. The average Bonchev–Trinajstić information content (AvgIpc) is 2.33. The molecule has 0 radical (unpaired) electrons. The van der Waals surface area contributed by atoms with Crippen LogP contribution in [0, 0.1) is 5.92 Å². The average molecular weight is 251 g/mol. The third-order valence-corrected chi connectivity index (χ3v) is 3.52. The molecule has 0 bridgehead atoms. The number of nitrogens with two attached hydrogens (primary N) is 1. The predicted octanol–water partition coefficient (Wildman–Crippen LogP) is 2.86. The monoisotopic (exact) mass is 251 g/mol. The lowest BCUT2D eigenvalue weighted by atomic mass is 9.83. The van der Waals surface area contributed by atoms with Gasteiger partial charge in [0.25, 0.3) is 0 Å².